The highest BCUT2D eigenvalue weighted by atomic mass is 32.1. The van der Waals surface area contributed by atoms with Crippen LogP contribution >= 0.6 is 11.3 Å². The zero-order valence-corrected chi connectivity index (χ0v) is 9.67. The first-order valence-corrected chi connectivity index (χ1v) is 5.86. The second-order valence-corrected chi connectivity index (χ2v) is 4.75. The lowest BCUT2D eigenvalue weighted by atomic mass is 10.1. The molecule has 0 aliphatic carbocycles. The molecule has 3 aromatic rings. The zero-order chi connectivity index (χ0) is 11.1. The van der Waals surface area contributed by atoms with E-state index in [0.29, 0.717) is 0 Å². The van der Waals surface area contributed by atoms with E-state index in [1.54, 1.807) is 18.4 Å². The van der Waals surface area contributed by atoms with E-state index in [0.717, 1.165) is 11.4 Å². The third-order valence-electron chi connectivity index (χ3n) is 2.70. The van der Waals surface area contributed by atoms with Crippen molar-refractivity contribution in [2.24, 2.45) is 0 Å². The average Bonchev–Trinajstić information content (AvgIpc) is 2.67. The number of nitrogen functional groups attached to an aromatic ring is 1. The molecule has 1 aromatic heterocycles. The summed E-state index contributed by atoms with van der Waals surface area (Å²) in [5.41, 5.74) is 6.62. The summed E-state index contributed by atoms with van der Waals surface area (Å²) in [5.74, 6) is 0.928. The van der Waals surface area contributed by atoms with Gasteiger partial charge >= 0.3 is 0 Å². The number of thiophene rings is 1. The lowest BCUT2D eigenvalue weighted by Crippen LogP contribution is -1.82. The summed E-state index contributed by atoms with van der Waals surface area (Å²) in [7, 11) is 1.70. The fourth-order valence-electron chi connectivity index (χ4n) is 1.95. The Morgan fingerprint density at radius 2 is 2.00 bits per heavy atom. The second-order valence-electron chi connectivity index (χ2n) is 3.69. The largest absolute Gasteiger partial charge is 0.495 e. The van der Waals surface area contributed by atoms with E-state index in [2.05, 4.69) is 12.1 Å². The second kappa shape index (κ2) is 3.39. The molecule has 3 rings (SSSR count). The van der Waals surface area contributed by atoms with Crippen molar-refractivity contribution in [2.45, 2.75) is 0 Å². The maximum atomic E-state index is 5.82. The Labute approximate surface area is 97.3 Å². The van der Waals surface area contributed by atoms with E-state index in [4.69, 9.17) is 10.5 Å². The third kappa shape index (κ3) is 1.25. The monoisotopic (exact) mass is 229 g/mol. The molecule has 0 bridgehead atoms. The Balaban J connectivity index is 2.50. The van der Waals surface area contributed by atoms with Gasteiger partial charge in [-0.15, -0.1) is 11.3 Å². The summed E-state index contributed by atoms with van der Waals surface area (Å²) < 4.78 is 7.80. The highest BCUT2D eigenvalue weighted by molar-refractivity contribution is 7.26. The maximum absolute atomic E-state index is 5.82. The first kappa shape index (κ1) is 9.48. The average molecular weight is 229 g/mol. The fourth-order valence-corrected chi connectivity index (χ4v) is 3.13. The molecule has 0 saturated carbocycles. The number of methoxy groups -OCH3 is 1. The first-order valence-electron chi connectivity index (χ1n) is 5.04. The van der Waals surface area contributed by atoms with Crippen LogP contribution in [0.5, 0.6) is 5.75 Å². The van der Waals surface area contributed by atoms with Gasteiger partial charge in [0.15, 0.2) is 0 Å². The van der Waals surface area contributed by atoms with Gasteiger partial charge in [-0.1, -0.05) is 12.1 Å². The Morgan fingerprint density at radius 3 is 2.81 bits per heavy atom. The van der Waals surface area contributed by atoms with Gasteiger partial charge in [0.1, 0.15) is 5.75 Å². The number of ether oxygens (including phenoxy) is 1. The van der Waals surface area contributed by atoms with E-state index in [-0.39, 0.29) is 0 Å². The maximum Gasteiger partial charge on any atom is 0.136 e. The zero-order valence-electron chi connectivity index (χ0n) is 8.86. The van der Waals surface area contributed by atoms with Crippen LogP contribution in [0, 0.1) is 0 Å². The van der Waals surface area contributed by atoms with E-state index in [1.165, 1.54) is 20.2 Å². The van der Waals surface area contributed by atoms with Crippen molar-refractivity contribution in [1.82, 2.24) is 0 Å². The van der Waals surface area contributed by atoms with Crippen LogP contribution in [0.4, 0.5) is 5.69 Å². The van der Waals surface area contributed by atoms with Crippen LogP contribution in [0.25, 0.3) is 20.2 Å². The number of nitrogens with two attached hydrogens (primary N) is 1. The van der Waals surface area contributed by atoms with E-state index in [1.807, 2.05) is 24.3 Å². The molecule has 0 atom stereocenters. The first-order chi connectivity index (χ1) is 7.79. The molecule has 80 valence electrons. The molecule has 16 heavy (non-hydrogen) atoms. The van der Waals surface area contributed by atoms with Gasteiger partial charge < -0.3 is 10.5 Å². The van der Waals surface area contributed by atoms with E-state index in [9.17, 15) is 0 Å². The van der Waals surface area contributed by atoms with Crippen LogP contribution in [0.2, 0.25) is 0 Å². The SMILES string of the molecule is COc1cccc2c1sc1ccc(N)cc12. The number of rotatable bonds is 1. The topological polar surface area (TPSA) is 35.2 Å². The molecule has 0 spiro atoms. The summed E-state index contributed by atoms with van der Waals surface area (Å²) in [6.07, 6.45) is 0. The Morgan fingerprint density at radius 1 is 1.12 bits per heavy atom. The molecule has 0 aliphatic rings. The lowest BCUT2D eigenvalue weighted by Gasteiger charge is -1.99. The molecule has 0 aliphatic heterocycles. The molecule has 0 unspecified atom stereocenters. The van der Waals surface area contributed by atoms with Crippen molar-refractivity contribution >= 4 is 37.2 Å². The molecule has 2 N–H and O–H groups in total. The predicted octanol–water partition coefficient (Wildman–Crippen LogP) is 3.65. The summed E-state index contributed by atoms with van der Waals surface area (Å²) in [5, 5.41) is 2.42. The number of hydrogen-bond donors (Lipinski definition) is 1. The van der Waals surface area contributed by atoms with Gasteiger partial charge in [0.05, 0.1) is 11.8 Å². The lowest BCUT2D eigenvalue weighted by molar-refractivity contribution is 0.420. The van der Waals surface area contributed by atoms with Crippen LogP contribution in [0.1, 0.15) is 0 Å². The molecule has 0 radical (unpaired) electrons. The standard InChI is InChI=1S/C13H11NOS/c1-15-11-4-2-3-9-10-7-8(14)5-6-12(10)16-13(9)11/h2-7H,14H2,1H3. The van der Waals surface area contributed by atoms with E-state index < -0.39 is 0 Å². The van der Waals surface area contributed by atoms with Crippen molar-refractivity contribution < 1.29 is 4.74 Å². The quantitative estimate of drug-likeness (QED) is 0.646. The Hall–Kier alpha value is -1.74. The van der Waals surface area contributed by atoms with Gasteiger partial charge in [-0.25, -0.2) is 0 Å². The molecule has 0 amide bonds. The molecule has 3 heteroatoms. The van der Waals surface area contributed by atoms with E-state index >= 15 is 0 Å². The molecular weight excluding hydrogens is 218 g/mol. The van der Waals surface area contributed by atoms with Crippen molar-refractivity contribution in [3.8, 4) is 5.75 Å². The van der Waals surface area contributed by atoms with Gasteiger partial charge in [0.25, 0.3) is 0 Å². The van der Waals surface area contributed by atoms with Gasteiger partial charge in [-0.05, 0) is 24.3 Å². The van der Waals surface area contributed by atoms with Crippen LogP contribution in [-0.4, -0.2) is 7.11 Å². The van der Waals surface area contributed by atoms with Crippen molar-refractivity contribution in [3.05, 3.63) is 36.4 Å². The molecule has 0 saturated heterocycles. The summed E-state index contributed by atoms with van der Waals surface area (Å²) in [6, 6.07) is 12.1. The smallest absolute Gasteiger partial charge is 0.136 e. The molecule has 0 fully saturated rings. The normalized spacial score (nSPS) is 11.1. The van der Waals surface area contributed by atoms with Crippen LogP contribution in [0.15, 0.2) is 36.4 Å². The summed E-state index contributed by atoms with van der Waals surface area (Å²) in [4.78, 5) is 0. The van der Waals surface area contributed by atoms with Crippen molar-refractivity contribution in [1.29, 1.82) is 0 Å². The number of hydrogen-bond acceptors (Lipinski definition) is 3. The highest BCUT2D eigenvalue weighted by Gasteiger charge is 2.08. The van der Waals surface area contributed by atoms with Crippen LogP contribution in [0.3, 0.4) is 0 Å². The minimum absolute atomic E-state index is 0.801. The fraction of sp³-hybridized carbons (Fsp3) is 0.0769. The van der Waals surface area contributed by atoms with Crippen molar-refractivity contribution in [3.63, 3.8) is 0 Å². The summed E-state index contributed by atoms with van der Waals surface area (Å²) in [6.45, 7) is 0. The molecule has 2 aromatic carbocycles. The summed E-state index contributed by atoms with van der Waals surface area (Å²) >= 11 is 1.74. The van der Waals surface area contributed by atoms with Gasteiger partial charge in [-0.3, -0.25) is 0 Å². The number of fused-ring (bicyclic) bond motifs is 3. The molecule has 1 heterocycles. The number of anilines is 1. The van der Waals surface area contributed by atoms with Gasteiger partial charge in [-0.2, -0.15) is 0 Å². The highest BCUT2D eigenvalue weighted by Crippen LogP contribution is 2.39. The minimum Gasteiger partial charge on any atom is -0.495 e. The van der Waals surface area contributed by atoms with Gasteiger partial charge in [0, 0.05) is 21.2 Å². The minimum atomic E-state index is 0.801. The number of benzene rings is 2. The Bertz CT molecular complexity index is 672. The van der Waals surface area contributed by atoms with Crippen molar-refractivity contribution in [2.75, 3.05) is 12.8 Å². The van der Waals surface area contributed by atoms with Crippen LogP contribution in [-0.2, 0) is 0 Å². The third-order valence-corrected chi connectivity index (χ3v) is 3.91. The van der Waals surface area contributed by atoms with Gasteiger partial charge in [0.2, 0.25) is 0 Å². The predicted molar refractivity (Wildman–Crippen MR) is 70.3 cm³/mol. The Kier molecular flexibility index (Phi) is 2.01. The molecule has 2 nitrogen and oxygen atoms in total. The van der Waals surface area contributed by atoms with Crippen LogP contribution < -0.4 is 10.5 Å². The molecular formula is C13H11NOS.